The fourth-order valence-corrected chi connectivity index (χ4v) is 3.69. The molecule has 0 aliphatic carbocycles. The van der Waals surface area contributed by atoms with Gasteiger partial charge in [0.1, 0.15) is 11.6 Å². The number of hydrogen-bond donors (Lipinski definition) is 1. The molecule has 7 nitrogen and oxygen atoms in total. The minimum Gasteiger partial charge on any atom is -0.482 e. The number of carbonyl (C=O) groups excluding carboxylic acids is 1. The van der Waals surface area contributed by atoms with Gasteiger partial charge in [0.05, 0.1) is 16.5 Å². The smallest absolute Gasteiger partial charge is 0.260 e. The van der Waals surface area contributed by atoms with E-state index in [-0.39, 0.29) is 47.9 Å². The minimum absolute atomic E-state index is 0.0334. The van der Waals surface area contributed by atoms with Crippen LogP contribution in [0.25, 0.3) is 0 Å². The van der Waals surface area contributed by atoms with Crippen LogP contribution in [0, 0.1) is 5.82 Å². The van der Waals surface area contributed by atoms with Gasteiger partial charge in [-0.15, -0.1) is 0 Å². The lowest BCUT2D eigenvalue weighted by atomic mass is 10.2. The molecular formula is C19H22ClFN2O5S. The van der Waals surface area contributed by atoms with Crippen LogP contribution in [0.15, 0.2) is 47.4 Å². The Morgan fingerprint density at radius 1 is 1.24 bits per heavy atom. The second kappa shape index (κ2) is 10.5. The molecule has 0 saturated carbocycles. The van der Waals surface area contributed by atoms with Crippen LogP contribution in [0.1, 0.15) is 5.56 Å². The molecule has 0 aromatic heterocycles. The SMILES string of the molecule is COCCNS(=O)(=O)c1ccc(OCC(=O)N(C)Cc2ccccc2F)c(Cl)c1. The van der Waals surface area contributed by atoms with Crippen LogP contribution in [0.2, 0.25) is 5.02 Å². The Morgan fingerprint density at radius 3 is 2.62 bits per heavy atom. The van der Waals surface area contributed by atoms with E-state index >= 15 is 0 Å². The Labute approximate surface area is 174 Å². The summed E-state index contributed by atoms with van der Waals surface area (Å²) in [6, 6.07) is 10.1. The maximum Gasteiger partial charge on any atom is 0.260 e. The summed E-state index contributed by atoms with van der Waals surface area (Å²) in [5.41, 5.74) is 0.386. The summed E-state index contributed by atoms with van der Waals surface area (Å²) in [5.74, 6) is -0.621. The number of amides is 1. The average Bonchev–Trinajstić information content (AvgIpc) is 2.68. The maximum atomic E-state index is 13.7. The molecule has 0 fully saturated rings. The first kappa shape index (κ1) is 23.1. The zero-order chi connectivity index (χ0) is 21.4. The van der Waals surface area contributed by atoms with E-state index in [4.69, 9.17) is 21.1 Å². The molecule has 2 aromatic carbocycles. The number of hydrogen-bond acceptors (Lipinski definition) is 5. The molecule has 10 heteroatoms. The summed E-state index contributed by atoms with van der Waals surface area (Å²) < 4.78 is 50.6. The third kappa shape index (κ3) is 6.67. The number of sulfonamides is 1. The van der Waals surface area contributed by atoms with Gasteiger partial charge >= 0.3 is 0 Å². The van der Waals surface area contributed by atoms with Crippen LogP contribution in [-0.4, -0.2) is 53.1 Å². The lowest BCUT2D eigenvalue weighted by Gasteiger charge is -2.18. The Kier molecular flexibility index (Phi) is 8.39. The second-order valence-corrected chi connectivity index (χ2v) is 8.29. The van der Waals surface area contributed by atoms with Crippen LogP contribution in [0.5, 0.6) is 5.75 Å². The first-order valence-electron chi connectivity index (χ1n) is 8.63. The highest BCUT2D eigenvalue weighted by Gasteiger charge is 2.17. The standard InChI is InChI=1S/C19H22ClFN2O5S/c1-23(12-14-5-3-4-6-17(14)21)19(24)13-28-18-8-7-15(11-16(18)20)29(25,26)22-9-10-27-2/h3-8,11,22H,9-10,12-13H2,1-2H3. The monoisotopic (exact) mass is 444 g/mol. The Balaban J connectivity index is 1.96. The number of methoxy groups -OCH3 is 1. The molecule has 2 aromatic rings. The zero-order valence-corrected chi connectivity index (χ0v) is 17.6. The van der Waals surface area contributed by atoms with Gasteiger partial charge < -0.3 is 14.4 Å². The van der Waals surface area contributed by atoms with E-state index < -0.39 is 15.8 Å². The van der Waals surface area contributed by atoms with Gasteiger partial charge in [0.25, 0.3) is 5.91 Å². The number of nitrogens with one attached hydrogen (secondary N) is 1. The Morgan fingerprint density at radius 2 is 1.97 bits per heavy atom. The van der Waals surface area contributed by atoms with Crippen molar-refractivity contribution in [2.75, 3.05) is 33.9 Å². The Hall–Kier alpha value is -2.20. The summed E-state index contributed by atoms with van der Waals surface area (Å²) in [6.07, 6.45) is 0. The van der Waals surface area contributed by atoms with Crippen molar-refractivity contribution in [1.82, 2.24) is 9.62 Å². The van der Waals surface area contributed by atoms with E-state index in [9.17, 15) is 17.6 Å². The summed E-state index contributed by atoms with van der Waals surface area (Å²) in [5, 5.41) is 0.0455. The molecule has 0 bridgehead atoms. The van der Waals surface area contributed by atoms with Crippen LogP contribution in [0.4, 0.5) is 4.39 Å². The average molecular weight is 445 g/mol. The lowest BCUT2D eigenvalue weighted by molar-refractivity contribution is -0.132. The van der Waals surface area contributed by atoms with E-state index in [2.05, 4.69) is 4.72 Å². The van der Waals surface area contributed by atoms with Crippen LogP contribution in [0.3, 0.4) is 0 Å². The van der Waals surface area contributed by atoms with Crippen molar-refractivity contribution in [2.45, 2.75) is 11.4 Å². The third-order valence-corrected chi connectivity index (χ3v) is 5.71. The number of rotatable bonds is 10. The van der Waals surface area contributed by atoms with Gasteiger partial charge in [-0.25, -0.2) is 17.5 Å². The molecule has 0 spiro atoms. The first-order chi connectivity index (χ1) is 13.7. The summed E-state index contributed by atoms with van der Waals surface area (Å²) >= 11 is 6.09. The predicted octanol–water partition coefficient (Wildman–Crippen LogP) is 2.44. The molecule has 158 valence electrons. The molecule has 0 saturated heterocycles. The molecule has 0 aliphatic rings. The van der Waals surface area contributed by atoms with Gasteiger partial charge in [0, 0.05) is 32.8 Å². The summed E-state index contributed by atoms with van der Waals surface area (Å²) in [4.78, 5) is 13.5. The molecule has 0 atom stereocenters. The minimum atomic E-state index is -3.74. The number of carbonyl (C=O) groups is 1. The second-order valence-electron chi connectivity index (χ2n) is 6.11. The van der Waals surface area contributed by atoms with Gasteiger partial charge in [-0.1, -0.05) is 29.8 Å². The van der Waals surface area contributed by atoms with Crippen molar-refractivity contribution in [3.63, 3.8) is 0 Å². The maximum absolute atomic E-state index is 13.7. The van der Waals surface area contributed by atoms with Crippen LogP contribution < -0.4 is 9.46 Å². The highest BCUT2D eigenvalue weighted by molar-refractivity contribution is 7.89. The van der Waals surface area contributed by atoms with E-state index in [0.717, 1.165) is 0 Å². The van der Waals surface area contributed by atoms with E-state index in [1.165, 1.54) is 43.3 Å². The molecule has 0 unspecified atom stereocenters. The molecule has 1 N–H and O–H groups in total. The van der Waals surface area contributed by atoms with E-state index in [1.807, 2.05) is 0 Å². The van der Waals surface area contributed by atoms with Crippen LogP contribution in [-0.2, 0) is 26.1 Å². The number of ether oxygens (including phenoxy) is 2. The Bertz CT molecular complexity index is 955. The molecular weight excluding hydrogens is 423 g/mol. The fourth-order valence-electron chi connectivity index (χ4n) is 2.35. The number of benzene rings is 2. The highest BCUT2D eigenvalue weighted by Crippen LogP contribution is 2.27. The topological polar surface area (TPSA) is 84.9 Å². The van der Waals surface area contributed by atoms with Gasteiger partial charge in [-0.2, -0.15) is 0 Å². The molecule has 1 amide bonds. The third-order valence-electron chi connectivity index (χ3n) is 3.95. The van der Waals surface area contributed by atoms with Crippen molar-refractivity contribution in [1.29, 1.82) is 0 Å². The largest absolute Gasteiger partial charge is 0.482 e. The highest BCUT2D eigenvalue weighted by atomic mass is 35.5. The predicted molar refractivity (Wildman–Crippen MR) is 107 cm³/mol. The van der Waals surface area contributed by atoms with Crippen molar-refractivity contribution in [3.05, 3.63) is 58.9 Å². The van der Waals surface area contributed by atoms with Crippen molar-refractivity contribution in [2.24, 2.45) is 0 Å². The van der Waals surface area contributed by atoms with E-state index in [0.29, 0.717) is 5.56 Å². The lowest BCUT2D eigenvalue weighted by Crippen LogP contribution is -2.31. The quantitative estimate of drug-likeness (QED) is 0.569. The number of halogens is 2. The van der Waals surface area contributed by atoms with Gasteiger partial charge in [-0.05, 0) is 24.3 Å². The molecule has 0 heterocycles. The van der Waals surface area contributed by atoms with Crippen molar-refractivity contribution in [3.8, 4) is 5.75 Å². The van der Waals surface area contributed by atoms with E-state index in [1.54, 1.807) is 18.2 Å². The zero-order valence-electron chi connectivity index (χ0n) is 16.0. The first-order valence-corrected chi connectivity index (χ1v) is 10.5. The number of likely N-dealkylation sites (N-methyl/N-ethyl adjacent to an activating group) is 1. The van der Waals surface area contributed by atoms with Gasteiger partial charge in [-0.3, -0.25) is 4.79 Å². The summed E-state index contributed by atoms with van der Waals surface area (Å²) in [6.45, 7) is 0.115. The number of nitrogens with zero attached hydrogens (tertiary/aromatic N) is 1. The molecule has 2 rings (SSSR count). The van der Waals surface area contributed by atoms with Crippen molar-refractivity contribution < 1.29 is 27.1 Å². The molecule has 29 heavy (non-hydrogen) atoms. The molecule has 0 aliphatic heterocycles. The van der Waals surface area contributed by atoms with Crippen LogP contribution >= 0.6 is 11.6 Å². The van der Waals surface area contributed by atoms with Gasteiger partial charge in [0.2, 0.25) is 10.0 Å². The fraction of sp³-hybridized carbons (Fsp3) is 0.316. The molecule has 0 radical (unpaired) electrons. The van der Waals surface area contributed by atoms with Gasteiger partial charge in [0.15, 0.2) is 6.61 Å². The summed E-state index contributed by atoms with van der Waals surface area (Å²) in [7, 11) is -0.742. The normalized spacial score (nSPS) is 11.3. The van der Waals surface area contributed by atoms with Crippen molar-refractivity contribution >= 4 is 27.5 Å².